The van der Waals surface area contributed by atoms with Crippen LogP contribution >= 0.6 is 24.0 Å². The molecule has 0 atom stereocenters. The van der Waals surface area contributed by atoms with E-state index in [2.05, 4.69) is 5.32 Å². The largest absolute Gasteiger partial charge is 0.481 e. The maximum Gasteiger partial charge on any atom is 0.304 e. The summed E-state index contributed by atoms with van der Waals surface area (Å²) in [4.78, 5) is 10.2. The van der Waals surface area contributed by atoms with Gasteiger partial charge in [-0.05, 0) is 0 Å². The summed E-state index contributed by atoms with van der Waals surface area (Å²) in [5.41, 5.74) is -0.0285. The molecule has 3 nitrogen and oxygen atoms in total. The molecule has 0 radical (unpaired) electrons. The lowest BCUT2D eigenvalue weighted by Gasteiger charge is -2.07. The zero-order valence-electron chi connectivity index (χ0n) is 8.87. The summed E-state index contributed by atoms with van der Waals surface area (Å²) in [6.45, 7) is 0. The van der Waals surface area contributed by atoms with Gasteiger partial charge in [0.25, 0.3) is 0 Å². The van der Waals surface area contributed by atoms with Crippen molar-refractivity contribution in [3.8, 4) is 0 Å². The minimum Gasteiger partial charge on any atom is -0.481 e. The van der Waals surface area contributed by atoms with Crippen molar-refractivity contribution in [1.82, 2.24) is 0 Å². The quantitative estimate of drug-likeness (QED) is 0.660. The Bertz CT molecular complexity index is 459. The first-order chi connectivity index (χ1) is 8.40. The molecule has 0 heterocycles. The van der Waals surface area contributed by atoms with Crippen molar-refractivity contribution in [3.63, 3.8) is 0 Å². The third-order valence-corrected chi connectivity index (χ3v) is 3.01. The van der Waals surface area contributed by atoms with Gasteiger partial charge in [0.2, 0.25) is 0 Å². The summed E-state index contributed by atoms with van der Waals surface area (Å²) in [6.07, 6.45) is -0.0847. The third-order valence-electron chi connectivity index (χ3n) is 1.78. The number of nitrogens with one attached hydrogen (secondary N) is 1. The molecule has 0 spiro atoms. The molecule has 0 amide bonds. The Hall–Kier alpha value is -1.28. The minimum atomic E-state index is -1.55. The van der Waals surface area contributed by atoms with Crippen LogP contribution in [-0.4, -0.2) is 21.1 Å². The Morgan fingerprint density at radius 2 is 1.89 bits per heavy atom. The van der Waals surface area contributed by atoms with Crippen LogP contribution < -0.4 is 5.32 Å². The second kappa shape index (κ2) is 6.60. The first-order valence-electron chi connectivity index (χ1n) is 4.70. The van der Waals surface area contributed by atoms with Crippen molar-refractivity contribution in [3.05, 3.63) is 29.6 Å². The molecule has 0 aliphatic rings. The molecule has 98 valence electrons. The van der Waals surface area contributed by atoms with Crippen molar-refractivity contribution in [2.75, 3.05) is 11.1 Å². The average Bonchev–Trinajstić information content (AvgIpc) is 2.25. The van der Waals surface area contributed by atoms with Crippen molar-refractivity contribution >= 4 is 40.0 Å². The Balaban J connectivity index is 2.57. The van der Waals surface area contributed by atoms with Crippen LogP contribution in [0.25, 0.3) is 0 Å². The Labute approximate surface area is 110 Å². The molecule has 1 aromatic rings. The van der Waals surface area contributed by atoms with Gasteiger partial charge in [0.05, 0.1) is 6.42 Å². The number of hydrogen-bond acceptors (Lipinski definition) is 3. The monoisotopic (exact) mass is 295 g/mol. The number of benzene rings is 1. The van der Waals surface area contributed by atoms with Crippen LogP contribution in [-0.2, 0) is 4.79 Å². The fraction of sp³-hybridized carbons (Fsp3) is 0.200. The van der Waals surface area contributed by atoms with Gasteiger partial charge >= 0.3 is 5.97 Å². The maximum atomic E-state index is 12.9. The smallest absolute Gasteiger partial charge is 0.304 e. The van der Waals surface area contributed by atoms with Gasteiger partial charge in [-0.2, -0.15) is 0 Å². The SMILES string of the molecule is O=C(O)CCSC(=S)Nc1cc(F)c(F)c(F)c1. The van der Waals surface area contributed by atoms with E-state index < -0.39 is 23.4 Å². The summed E-state index contributed by atoms with van der Waals surface area (Å²) in [5.74, 6) is -4.94. The number of thiocarbonyl (C=S) groups is 1. The van der Waals surface area contributed by atoms with E-state index >= 15 is 0 Å². The van der Waals surface area contributed by atoms with E-state index in [-0.39, 0.29) is 22.2 Å². The van der Waals surface area contributed by atoms with Gasteiger partial charge in [-0.1, -0.05) is 24.0 Å². The topological polar surface area (TPSA) is 49.3 Å². The highest BCUT2D eigenvalue weighted by Gasteiger charge is 2.11. The van der Waals surface area contributed by atoms with Crippen LogP contribution in [0.15, 0.2) is 12.1 Å². The molecule has 0 saturated carbocycles. The molecular weight excluding hydrogens is 287 g/mol. The zero-order chi connectivity index (χ0) is 13.7. The van der Waals surface area contributed by atoms with Crippen LogP contribution in [0.5, 0.6) is 0 Å². The summed E-state index contributed by atoms with van der Waals surface area (Å²) in [7, 11) is 0. The second-order valence-electron chi connectivity index (χ2n) is 3.16. The number of anilines is 1. The van der Waals surface area contributed by atoms with Gasteiger partial charge in [-0.3, -0.25) is 4.79 Å². The molecule has 0 fully saturated rings. The van der Waals surface area contributed by atoms with Gasteiger partial charge < -0.3 is 10.4 Å². The lowest BCUT2D eigenvalue weighted by atomic mass is 10.3. The molecule has 0 aliphatic carbocycles. The van der Waals surface area contributed by atoms with E-state index in [1.54, 1.807) is 0 Å². The van der Waals surface area contributed by atoms with Gasteiger partial charge in [-0.15, -0.1) is 0 Å². The predicted molar refractivity (Wildman–Crippen MR) is 67.2 cm³/mol. The lowest BCUT2D eigenvalue weighted by molar-refractivity contribution is -0.136. The summed E-state index contributed by atoms with van der Waals surface area (Å²) in [6, 6.07) is 1.53. The maximum absolute atomic E-state index is 12.9. The van der Waals surface area contributed by atoms with Crippen molar-refractivity contribution in [1.29, 1.82) is 0 Å². The number of carboxylic acid groups (broad SMARTS) is 1. The molecule has 0 unspecified atom stereocenters. The number of halogens is 3. The second-order valence-corrected chi connectivity index (χ2v) is 4.93. The lowest BCUT2D eigenvalue weighted by Crippen LogP contribution is -2.08. The van der Waals surface area contributed by atoms with Crippen LogP contribution in [0.2, 0.25) is 0 Å². The van der Waals surface area contributed by atoms with Crippen LogP contribution in [0, 0.1) is 17.5 Å². The number of rotatable bonds is 4. The average molecular weight is 295 g/mol. The molecule has 0 aliphatic heterocycles. The molecule has 1 aromatic carbocycles. The molecule has 0 aromatic heterocycles. The van der Waals surface area contributed by atoms with Gasteiger partial charge in [0.1, 0.15) is 4.32 Å². The highest BCUT2D eigenvalue weighted by Crippen LogP contribution is 2.19. The molecule has 1 rings (SSSR count). The first-order valence-corrected chi connectivity index (χ1v) is 6.09. The van der Waals surface area contributed by atoms with Crippen LogP contribution in [0.1, 0.15) is 6.42 Å². The predicted octanol–water partition coefficient (Wildman–Crippen LogP) is 3.01. The standard InChI is InChI=1S/C10H8F3NO2S2/c11-6-3-5(4-7(12)9(6)13)14-10(17)18-2-1-8(15)16/h3-4H,1-2H2,(H,14,17)(H,15,16). The van der Waals surface area contributed by atoms with Crippen molar-refractivity contribution in [2.24, 2.45) is 0 Å². The molecule has 18 heavy (non-hydrogen) atoms. The highest BCUT2D eigenvalue weighted by atomic mass is 32.2. The van der Waals surface area contributed by atoms with Gasteiger partial charge in [0, 0.05) is 23.6 Å². The van der Waals surface area contributed by atoms with E-state index in [0.717, 1.165) is 23.9 Å². The van der Waals surface area contributed by atoms with E-state index in [9.17, 15) is 18.0 Å². The summed E-state index contributed by atoms with van der Waals surface area (Å²) < 4.78 is 38.5. The Kier molecular flexibility index (Phi) is 5.42. The van der Waals surface area contributed by atoms with Crippen LogP contribution in [0.3, 0.4) is 0 Å². The van der Waals surface area contributed by atoms with E-state index in [1.165, 1.54) is 0 Å². The van der Waals surface area contributed by atoms with E-state index in [0.29, 0.717) is 0 Å². The van der Waals surface area contributed by atoms with Crippen molar-refractivity contribution < 1.29 is 23.1 Å². The number of thioether (sulfide) groups is 1. The summed E-state index contributed by atoms with van der Waals surface area (Å²) in [5, 5.41) is 10.9. The Morgan fingerprint density at radius 3 is 2.39 bits per heavy atom. The van der Waals surface area contributed by atoms with Gasteiger partial charge in [-0.25, -0.2) is 13.2 Å². The number of carbonyl (C=O) groups is 1. The molecule has 0 saturated heterocycles. The number of aliphatic carboxylic acids is 1. The Morgan fingerprint density at radius 1 is 1.33 bits per heavy atom. The fourth-order valence-corrected chi connectivity index (χ4v) is 2.03. The third kappa shape index (κ3) is 4.53. The summed E-state index contributed by atoms with van der Waals surface area (Å²) >= 11 is 5.84. The number of carboxylic acids is 1. The van der Waals surface area contributed by atoms with Crippen LogP contribution in [0.4, 0.5) is 18.9 Å². The van der Waals surface area contributed by atoms with E-state index in [1.807, 2.05) is 0 Å². The first kappa shape index (κ1) is 14.8. The zero-order valence-corrected chi connectivity index (χ0v) is 10.5. The normalized spacial score (nSPS) is 10.2. The van der Waals surface area contributed by atoms with Gasteiger partial charge in [0.15, 0.2) is 17.5 Å². The van der Waals surface area contributed by atoms with Crippen molar-refractivity contribution in [2.45, 2.75) is 6.42 Å². The molecule has 0 bridgehead atoms. The highest BCUT2D eigenvalue weighted by molar-refractivity contribution is 8.23. The molecular formula is C10H8F3NO2S2. The van der Waals surface area contributed by atoms with E-state index in [4.69, 9.17) is 17.3 Å². The minimum absolute atomic E-state index is 0.0285. The number of hydrogen-bond donors (Lipinski definition) is 2. The molecule has 2 N–H and O–H groups in total. The fourth-order valence-electron chi connectivity index (χ4n) is 1.01. The molecule has 8 heteroatoms.